The van der Waals surface area contributed by atoms with Crippen LogP contribution in [0.2, 0.25) is 0 Å². The Balaban J connectivity index is 2.41. The van der Waals surface area contributed by atoms with Crippen molar-refractivity contribution in [1.29, 1.82) is 0 Å². The zero-order chi connectivity index (χ0) is 9.26. The standard InChI is InChI=1S/C7H6N4OS/c8-7-10-6(13-11-7)5-2-1-4(12)3-9-5/h1-3,12H,(H2,8,11). The molecule has 0 unspecified atom stereocenters. The molecule has 0 amide bonds. The lowest BCUT2D eigenvalue weighted by Crippen LogP contribution is -1.86. The van der Waals surface area contributed by atoms with E-state index in [0.29, 0.717) is 10.7 Å². The maximum Gasteiger partial charge on any atom is 0.232 e. The van der Waals surface area contributed by atoms with E-state index in [-0.39, 0.29) is 11.7 Å². The van der Waals surface area contributed by atoms with Gasteiger partial charge in [0.2, 0.25) is 5.95 Å². The van der Waals surface area contributed by atoms with Crippen molar-refractivity contribution in [2.24, 2.45) is 0 Å². The van der Waals surface area contributed by atoms with E-state index in [2.05, 4.69) is 14.3 Å². The number of nitrogens with two attached hydrogens (primary N) is 1. The van der Waals surface area contributed by atoms with Gasteiger partial charge in [-0.25, -0.2) is 4.98 Å². The molecule has 66 valence electrons. The van der Waals surface area contributed by atoms with Crippen molar-refractivity contribution >= 4 is 17.5 Å². The van der Waals surface area contributed by atoms with Crippen LogP contribution in [0.3, 0.4) is 0 Å². The van der Waals surface area contributed by atoms with E-state index in [1.807, 2.05) is 0 Å². The highest BCUT2D eigenvalue weighted by atomic mass is 32.1. The maximum atomic E-state index is 8.99. The number of pyridine rings is 1. The smallest absolute Gasteiger partial charge is 0.232 e. The van der Waals surface area contributed by atoms with E-state index >= 15 is 0 Å². The summed E-state index contributed by atoms with van der Waals surface area (Å²) in [5.74, 6) is 0.371. The molecule has 0 atom stereocenters. The van der Waals surface area contributed by atoms with Crippen molar-refractivity contribution in [3.05, 3.63) is 18.3 Å². The van der Waals surface area contributed by atoms with Crippen LogP contribution in [0, 0.1) is 0 Å². The molecule has 0 saturated carbocycles. The molecule has 0 bridgehead atoms. The van der Waals surface area contributed by atoms with Crippen molar-refractivity contribution in [3.8, 4) is 16.5 Å². The van der Waals surface area contributed by atoms with Crippen LogP contribution in [0.5, 0.6) is 5.75 Å². The Morgan fingerprint density at radius 3 is 2.77 bits per heavy atom. The van der Waals surface area contributed by atoms with Gasteiger partial charge in [0, 0.05) is 0 Å². The first-order valence-corrected chi connectivity index (χ1v) is 4.27. The third-order valence-electron chi connectivity index (χ3n) is 1.41. The number of anilines is 1. The summed E-state index contributed by atoms with van der Waals surface area (Å²) in [5, 5.41) is 9.64. The van der Waals surface area contributed by atoms with Gasteiger partial charge in [0.05, 0.1) is 6.20 Å². The molecule has 6 heteroatoms. The van der Waals surface area contributed by atoms with Crippen molar-refractivity contribution in [1.82, 2.24) is 14.3 Å². The Labute approximate surface area is 78.1 Å². The van der Waals surface area contributed by atoms with Gasteiger partial charge in [0.1, 0.15) is 11.4 Å². The summed E-state index contributed by atoms with van der Waals surface area (Å²) in [7, 11) is 0. The van der Waals surface area contributed by atoms with Crippen molar-refractivity contribution < 1.29 is 5.11 Å². The van der Waals surface area contributed by atoms with Gasteiger partial charge in [0.25, 0.3) is 0 Å². The number of hydrogen-bond acceptors (Lipinski definition) is 6. The average molecular weight is 194 g/mol. The van der Waals surface area contributed by atoms with Crippen molar-refractivity contribution in [3.63, 3.8) is 0 Å². The van der Waals surface area contributed by atoms with Gasteiger partial charge in [-0.15, -0.1) is 0 Å². The summed E-state index contributed by atoms with van der Waals surface area (Å²) in [4.78, 5) is 7.92. The highest BCUT2D eigenvalue weighted by molar-refractivity contribution is 7.09. The van der Waals surface area contributed by atoms with Crippen molar-refractivity contribution in [2.75, 3.05) is 5.73 Å². The lowest BCUT2D eigenvalue weighted by Gasteiger charge is -1.93. The van der Waals surface area contributed by atoms with Crippen LogP contribution in [-0.4, -0.2) is 19.4 Å². The van der Waals surface area contributed by atoms with Crippen LogP contribution in [-0.2, 0) is 0 Å². The Bertz CT molecular complexity index is 411. The van der Waals surface area contributed by atoms with E-state index in [1.54, 1.807) is 12.1 Å². The van der Waals surface area contributed by atoms with Gasteiger partial charge in [-0.3, -0.25) is 0 Å². The third-order valence-corrected chi connectivity index (χ3v) is 2.16. The lowest BCUT2D eigenvalue weighted by atomic mass is 10.3. The van der Waals surface area contributed by atoms with Crippen LogP contribution in [0.4, 0.5) is 5.95 Å². The maximum absolute atomic E-state index is 8.99. The van der Waals surface area contributed by atoms with Crippen LogP contribution < -0.4 is 5.73 Å². The Kier molecular flexibility index (Phi) is 1.82. The zero-order valence-electron chi connectivity index (χ0n) is 6.51. The highest BCUT2D eigenvalue weighted by Gasteiger charge is 2.04. The van der Waals surface area contributed by atoms with Crippen molar-refractivity contribution in [2.45, 2.75) is 0 Å². The lowest BCUT2D eigenvalue weighted by molar-refractivity contribution is 0.473. The number of rotatable bonds is 1. The van der Waals surface area contributed by atoms with E-state index in [0.717, 1.165) is 0 Å². The molecule has 13 heavy (non-hydrogen) atoms. The van der Waals surface area contributed by atoms with Crippen LogP contribution in [0.15, 0.2) is 18.3 Å². The van der Waals surface area contributed by atoms with E-state index < -0.39 is 0 Å². The minimum Gasteiger partial charge on any atom is -0.506 e. The minimum absolute atomic E-state index is 0.126. The first kappa shape index (κ1) is 7.93. The predicted octanol–water partition coefficient (Wildman–Crippen LogP) is 0.888. The van der Waals surface area contributed by atoms with Crippen LogP contribution in [0.1, 0.15) is 0 Å². The molecule has 0 radical (unpaired) electrons. The first-order chi connectivity index (χ1) is 6.25. The second-order valence-corrected chi connectivity index (χ2v) is 3.11. The molecule has 0 aliphatic rings. The SMILES string of the molecule is Nc1nsc(-c2ccc(O)cn2)n1. The second-order valence-electron chi connectivity index (χ2n) is 2.36. The molecule has 2 rings (SSSR count). The molecule has 2 heterocycles. The molecule has 0 aliphatic carbocycles. The van der Waals surface area contributed by atoms with Gasteiger partial charge >= 0.3 is 0 Å². The number of aromatic nitrogens is 3. The van der Waals surface area contributed by atoms with Gasteiger partial charge < -0.3 is 10.8 Å². The van der Waals surface area contributed by atoms with E-state index in [9.17, 15) is 0 Å². The Morgan fingerprint density at radius 1 is 1.38 bits per heavy atom. The highest BCUT2D eigenvalue weighted by Crippen LogP contribution is 2.20. The molecular weight excluding hydrogens is 188 g/mol. The molecule has 2 aromatic heterocycles. The van der Waals surface area contributed by atoms with Crippen LogP contribution in [0.25, 0.3) is 10.7 Å². The summed E-state index contributed by atoms with van der Waals surface area (Å²) >= 11 is 1.18. The fraction of sp³-hybridized carbons (Fsp3) is 0. The van der Waals surface area contributed by atoms with Gasteiger partial charge in [-0.2, -0.15) is 9.36 Å². The Hall–Kier alpha value is -1.69. The Morgan fingerprint density at radius 2 is 2.23 bits per heavy atom. The molecule has 0 aromatic carbocycles. The monoisotopic (exact) mass is 194 g/mol. The second kappa shape index (κ2) is 2.98. The predicted molar refractivity (Wildman–Crippen MR) is 49.2 cm³/mol. The minimum atomic E-state index is 0.126. The number of aromatic hydroxyl groups is 1. The zero-order valence-corrected chi connectivity index (χ0v) is 7.32. The third kappa shape index (κ3) is 1.57. The number of nitrogen functional groups attached to an aromatic ring is 1. The van der Waals surface area contributed by atoms with Gasteiger partial charge in [-0.05, 0) is 23.7 Å². The fourth-order valence-electron chi connectivity index (χ4n) is 0.851. The normalized spacial score (nSPS) is 10.2. The molecule has 2 aromatic rings. The largest absolute Gasteiger partial charge is 0.506 e. The number of nitrogens with zero attached hydrogens (tertiary/aromatic N) is 3. The topological polar surface area (TPSA) is 84.9 Å². The molecule has 3 N–H and O–H groups in total. The average Bonchev–Trinajstić information content (AvgIpc) is 2.53. The molecule has 5 nitrogen and oxygen atoms in total. The van der Waals surface area contributed by atoms with E-state index in [1.165, 1.54) is 17.7 Å². The fourth-order valence-corrected chi connectivity index (χ4v) is 1.42. The first-order valence-electron chi connectivity index (χ1n) is 3.50. The van der Waals surface area contributed by atoms with Gasteiger partial charge in [-0.1, -0.05) is 0 Å². The summed E-state index contributed by atoms with van der Waals surface area (Å²) < 4.78 is 3.82. The van der Waals surface area contributed by atoms with Crippen LogP contribution >= 0.6 is 11.5 Å². The quantitative estimate of drug-likeness (QED) is 0.704. The molecule has 0 saturated heterocycles. The summed E-state index contributed by atoms with van der Waals surface area (Å²) in [6, 6.07) is 3.20. The molecule has 0 fully saturated rings. The van der Waals surface area contributed by atoms with Gasteiger partial charge in [0.15, 0.2) is 5.01 Å². The van der Waals surface area contributed by atoms with E-state index in [4.69, 9.17) is 10.8 Å². The summed E-state index contributed by atoms with van der Waals surface area (Å²) in [6.07, 6.45) is 1.35. The molecular formula is C7H6N4OS. The number of hydrogen-bond donors (Lipinski definition) is 2. The summed E-state index contributed by atoms with van der Waals surface area (Å²) in [5.41, 5.74) is 6.02. The molecule has 0 spiro atoms. The molecule has 0 aliphatic heterocycles. The summed E-state index contributed by atoms with van der Waals surface area (Å²) in [6.45, 7) is 0.